The van der Waals surface area contributed by atoms with Crippen LogP contribution >= 0.6 is 15.9 Å². The van der Waals surface area contributed by atoms with Gasteiger partial charge in [-0.2, -0.15) is 0 Å². The van der Waals surface area contributed by atoms with Crippen molar-refractivity contribution in [3.05, 3.63) is 22.2 Å². The Morgan fingerprint density at radius 1 is 1.56 bits per heavy atom. The number of nitrogens with one attached hydrogen (secondary N) is 1. The quantitative estimate of drug-likeness (QED) is 0.602. The van der Waals surface area contributed by atoms with Crippen LogP contribution in [0.2, 0.25) is 0 Å². The van der Waals surface area contributed by atoms with Gasteiger partial charge in [0, 0.05) is 16.9 Å². The lowest BCUT2D eigenvalue weighted by atomic mass is 9.88. The second-order valence-corrected chi connectivity index (χ2v) is 4.80. The predicted molar refractivity (Wildman–Crippen MR) is 65.6 cm³/mol. The van der Waals surface area contributed by atoms with E-state index in [1.165, 1.54) is 0 Å². The Labute approximate surface area is 103 Å². The lowest BCUT2D eigenvalue weighted by Gasteiger charge is -2.16. The molecule has 1 rings (SSSR count). The molecule has 1 fully saturated rings. The third-order valence-corrected chi connectivity index (χ3v) is 4.07. The fourth-order valence-corrected chi connectivity index (χ4v) is 2.15. The van der Waals surface area contributed by atoms with Gasteiger partial charge in [0.25, 0.3) is 0 Å². The van der Waals surface area contributed by atoms with Crippen LogP contribution in [-0.2, 0) is 9.59 Å². The molecule has 1 heterocycles. The largest absolute Gasteiger partial charge is 0.369 e. The second kappa shape index (κ2) is 4.82. The molecule has 1 aliphatic rings. The number of halogens is 1. The number of allylic oxidation sites excluding steroid dienone is 2. The van der Waals surface area contributed by atoms with E-state index in [1.54, 1.807) is 0 Å². The number of rotatable bonds is 3. The summed E-state index contributed by atoms with van der Waals surface area (Å²) in [5, 5.41) is 2.65. The molecule has 0 aromatic rings. The van der Waals surface area contributed by atoms with Crippen molar-refractivity contribution in [1.82, 2.24) is 5.32 Å². The first-order valence-electron chi connectivity index (χ1n) is 4.95. The molecule has 0 bridgehead atoms. The van der Waals surface area contributed by atoms with Gasteiger partial charge in [-0.3, -0.25) is 9.59 Å². The van der Waals surface area contributed by atoms with Crippen molar-refractivity contribution in [3.63, 3.8) is 0 Å². The SMILES string of the molecule is C=C(C)C(Br)=C(C)[C@H]1CNC(=O)[C@@H]1C(N)=O. The summed E-state index contributed by atoms with van der Waals surface area (Å²) in [5.74, 6) is -1.83. The molecule has 2 amide bonds. The minimum absolute atomic E-state index is 0.184. The Morgan fingerprint density at radius 3 is 2.56 bits per heavy atom. The van der Waals surface area contributed by atoms with Gasteiger partial charge in [0.1, 0.15) is 5.92 Å². The average molecular weight is 287 g/mol. The van der Waals surface area contributed by atoms with Gasteiger partial charge in [0.2, 0.25) is 11.8 Å². The maximum atomic E-state index is 11.5. The fourth-order valence-electron chi connectivity index (χ4n) is 1.85. The third-order valence-electron chi connectivity index (χ3n) is 2.76. The smallest absolute Gasteiger partial charge is 0.233 e. The maximum absolute atomic E-state index is 11.5. The zero-order valence-corrected chi connectivity index (χ0v) is 10.9. The summed E-state index contributed by atoms with van der Waals surface area (Å²) >= 11 is 3.40. The van der Waals surface area contributed by atoms with Crippen molar-refractivity contribution in [3.8, 4) is 0 Å². The van der Waals surface area contributed by atoms with Gasteiger partial charge >= 0.3 is 0 Å². The first-order valence-corrected chi connectivity index (χ1v) is 5.74. The van der Waals surface area contributed by atoms with E-state index < -0.39 is 11.8 Å². The molecule has 4 nitrogen and oxygen atoms in total. The maximum Gasteiger partial charge on any atom is 0.233 e. The molecule has 3 N–H and O–H groups in total. The van der Waals surface area contributed by atoms with Crippen LogP contribution in [-0.4, -0.2) is 18.4 Å². The van der Waals surface area contributed by atoms with Gasteiger partial charge in [0.15, 0.2) is 0 Å². The van der Waals surface area contributed by atoms with E-state index in [2.05, 4.69) is 27.8 Å². The van der Waals surface area contributed by atoms with Gasteiger partial charge in [-0.05, 0) is 19.4 Å². The number of hydrogen-bond acceptors (Lipinski definition) is 2. The molecule has 2 atom stereocenters. The minimum Gasteiger partial charge on any atom is -0.369 e. The number of nitrogens with two attached hydrogens (primary N) is 1. The molecule has 0 saturated carbocycles. The molecule has 0 radical (unpaired) electrons. The zero-order valence-electron chi connectivity index (χ0n) is 9.34. The van der Waals surface area contributed by atoms with E-state index in [0.29, 0.717) is 6.54 Å². The molecule has 88 valence electrons. The van der Waals surface area contributed by atoms with E-state index in [9.17, 15) is 9.59 Å². The minimum atomic E-state index is -0.771. The van der Waals surface area contributed by atoms with Gasteiger partial charge in [-0.1, -0.05) is 28.1 Å². The number of hydrogen-bond donors (Lipinski definition) is 2. The van der Waals surface area contributed by atoms with Crippen LogP contribution in [0, 0.1) is 11.8 Å². The molecule has 1 aliphatic heterocycles. The van der Waals surface area contributed by atoms with E-state index in [-0.39, 0.29) is 11.8 Å². The van der Waals surface area contributed by atoms with Crippen molar-refractivity contribution < 1.29 is 9.59 Å². The highest BCUT2D eigenvalue weighted by atomic mass is 79.9. The molecule has 16 heavy (non-hydrogen) atoms. The van der Waals surface area contributed by atoms with Crippen molar-refractivity contribution in [2.24, 2.45) is 17.6 Å². The van der Waals surface area contributed by atoms with Crippen LogP contribution in [0.25, 0.3) is 0 Å². The van der Waals surface area contributed by atoms with Crippen molar-refractivity contribution in [1.29, 1.82) is 0 Å². The highest BCUT2D eigenvalue weighted by Gasteiger charge is 2.40. The van der Waals surface area contributed by atoms with Crippen molar-refractivity contribution in [2.45, 2.75) is 13.8 Å². The lowest BCUT2D eigenvalue weighted by molar-refractivity contribution is -0.131. The summed E-state index contributed by atoms with van der Waals surface area (Å²) in [4.78, 5) is 22.7. The van der Waals surface area contributed by atoms with Crippen molar-refractivity contribution >= 4 is 27.7 Å². The molecular formula is C11H15BrN2O2. The predicted octanol–water partition coefficient (Wildman–Crippen LogP) is 1.08. The first kappa shape index (κ1) is 13.0. The van der Waals surface area contributed by atoms with Crippen LogP contribution in [0.3, 0.4) is 0 Å². The third kappa shape index (κ3) is 2.35. The van der Waals surface area contributed by atoms with Gasteiger partial charge < -0.3 is 11.1 Å². The molecule has 0 aliphatic carbocycles. The van der Waals surface area contributed by atoms with Crippen LogP contribution in [0.4, 0.5) is 0 Å². The monoisotopic (exact) mass is 286 g/mol. The average Bonchev–Trinajstić information content (AvgIpc) is 2.57. The topological polar surface area (TPSA) is 72.2 Å². The molecule has 0 spiro atoms. The zero-order chi connectivity index (χ0) is 12.5. The van der Waals surface area contributed by atoms with Gasteiger partial charge in [-0.25, -0.2) is 0 Å². The number of carbonyl (C=O) groups is 2. The lowest BCUT2D eigenvalue weighted by Crippen LogP contribution is -2.33. The Morgan fingerprint density at radius 2 is 2.12 bits per heavy atom. The van der Waals surface area contributed by atoms with Crippen LogP contribution in [0.1, 0.15) is 13.8 Å². The van der Waals surface area contributed by atoms with Crippen LogP contribution < -0.4 is 11.1 Å². The molecular weight excluding hydrogens is 272 g/mol. The standard InChI is InChI=1S/C11H15BrN2O2/c1-5(2)9(12)6(3)7-4-14-11(16)8(7)10(13)15/h7-8H,1,4H2,2-3H3,(H2,13,15)(H,14,16)/t7-,8+/m1/s1. The fraction of sp³-hybridized carbons (Fsp3) is 0.455. The summed E-state index contributed by atoms with van der Waals surface area (Å²) < 4.78 is 0.847. The molecule has 5 heteroatoms. The van der Waals surface area contributed by atoms with E-state index >= 15 is 0 Å². The van der Waals surface area contributed by atoms with Gasteiger partial charge in [-0.15, -0.1) is 0 Å². The highest BCUT2D eigenvalue weighted by Crippen LogP contribution is 2.31. The van der Waals surface area contributed by atoms with Crippen molar-refractivity contribution in [2.75, 3.05) is 6.54 Å². The van der Waals surface area contributed by atoms with E-state index in [0.717, 1.165) is 15.6 Å². The number of amides is 2. The molecule has 0 aromatic heterocycles. The normalized spacial score (nSPS) is 26.1. The molecule has 0 aromatic carbocycles. The summed E-state index contributed by atoms with van der Waals surface area (Å²) in [7, 11) is 0. The van der Waals surface area contributed by atoms with Crippen LogP contribution in [0.5, 0.6) is 0 Å². The number of carbonyl (C=O) groups excluding carboxylic acids is 2. The Balaban J connectivity index is 3.05. The van der Waals surface area contributed by atoms with Crippen LogP contribution in [0.15, 0.2) is 22.2 Å². The highest BCUT2D eigenvalue weighted by molar-refractivity contribution is 9.12. The Hall–Kier alpha value is -1.10. The van der Waals surface area contributed by atoms with Gasteiger partial charge in [0.05, 0.1) is 0 Å². The first-order chi connectivity index (χ1) is 7.36. The van der Waals surface area contributed by atoms with E-state index in [4.69, 9.17) is 5.73 Å². The number of primary amides is 1. The summed E-state index contributed by atoms with van der Waals surface area (Å²) in [6.45, 7) is 7.99. The summed E-state index contributed by atoms with van der Waals surface area (Å²) in [6.07, 6.45) is 0. The summed E-state index contributed by atoms with van der Waals surface area (Å²) in [5.41, 5.74) is 7.02. The molecule has 1 saturated heterocycles. The van der Waals surface area contributed by atoms with E-state index in [1.807, 2.05) is 13.8 Å². The Kier molecular flexibility index (Phi) is 3.91. The Bertz CT molecular complexity index is 387. The summed E-state index contributed by atoms with van der Waals surface area (Å²) in [6, 6.07) is 0. The molecule has 0 unspecified atom stereocenters. The second-order valence-electron chi connectivity index (χ2n) is 4.01.